The van der Waals surface area contributed by atoms with Crippen molar-refractivity contribution in [3.8, 4) is 0 Å². The van der Waals surface area contributed by atoms with Gasteiger partial charge in [-0.15, -0.1) is 0 Å². The van der Waals surface area contributed by atoms with E-state index in [2.05, 4.69) is 0 Å². The lowest BCUT2D eigenvalue weighted by molar-refractivity contribution is -0.488. The minimum atomic E-state index is -1.53. The van der Waals surface area contributed by atoms with Crippen molar-refractivity contribution in [2.24, 2.45) is 5.92 Å². The van der Waals surface area contributed by atoms with E-state index in [0.717, 1.165) is 12.8 Å². The van der Waals surface area contributed by atoms with Crippen molar-refractivity contribution >= 4 is 34.8 Å². The van der Waals surface area contributed by atoms with Crippen molar-refractivity contribution in [3.05, 3.63) is 10.1 Å². The fourth-order valence-electron chi connectivity index (χ4n) is 0.989. The Morgan fingerprint density at radius 2 is 2.00 bits per heavy atom. The molecule has 6 heteroatoms. The van der Waals surface area contributed by atoms with Crippen molar-refractivity contribution in [1.29, 1.82) is 0 Å². The summed E-state index contributed by atoms with van der Waals surface area (Å²) >= 11 is 16.8. The highest BCUT2D eigenvalue weighted by Gasteiger charge is 2.35. The Balaban J connectivity index is 4.11. The third-order valence-electron chi connectivity index (χ3n) is 1.74. The highest BCUT2D eigenvalue weighted by molar-refractivity contribution is 6.67. The number of rotatable bonds is 5. The van der Waals surface area contributed by atoms with Crippen molar-refractivity contribution in [3.63, 3.8) is 0 Å². The number of nitro groups is 1. The van der Waals surface area contributed by atoms with Gasteiger partial charge in [0.1, 0.15) is 0 Å². The van der Waals surface area contributed by atoms with E-state index >= 15 is 0 Å². The summed E-state index contributed by atoms with van der Waals surface area (Å²) in [6.45, 7) is 1.71. The van der Waals surface area contributed by atoms with E-state index in [0.29, 0.717) is 6.42 Å². The van der Waals surface area contributed by atoms with Crippen LogP contribution >= 0.6 is 34.8 Å². The molecule has 0 aliphatic carbocycles. The van der Waals surface area contributed by atoms with Crippen LogP contribution in [0.25, 0.3) is 0 Å². The summed E-state index contributed by atoms with van der Waals surface area (Å²) < 4.78 is -1.53. The maximum atomic E-state index is 10.2. The van der Waals surface area contributed by atoms with Crippen LogP contribution in [-0.4, -0.2) is 15.3 Å². The second-order valence-electron chi connectivity index (χ2n) is 2.90. The highest BCUT2D eigenvalue weighted by Crippen LogP contribution is 2.37. The van der Waals surface area contributed by atoms with Gasteiger partial charge in [0, 0.05) is 4.92 Å². The lowest BCUT2D eigenvalue weighted by Crippen LogP contribution is -2.27. The molecular weight excluding hydrogens is 236 g/mol. The van der Waals surface area contributed by atoms with E-state index in [1.54, 1.807) is 0 Å². The van der Waals surface area contributed by atoms with Gasteiger partial charge >= 0.3 is 0 Å². The van der Waals surface area contributed by atoms with E-state index in [1.165, 1.54) is 0 Å². The van der Waals surface area contributed by atoms with Gasteiger partial charge in [-0.05, 0) is 6.42 Å². The van der Waals surface area contributed by atoms with Crippen LogP contribution < -0.4 is 0 Å². The number of nitrogens with zero attached hydrogens (tertiary/aromatic N) is 1. The average Bonchev–Trinajstić information content (AvgIpc) is 1.95. The van der Waals surface area contributed by atoms with E-state index in [1.807, 2.05) is 6.92 Å². The summed E-state index contributed by atoms with van der Waals surface area (Å²) in [6, 6.07) is 0. The summed E-state index contributed by atoms with van der Waals surface area (Å²) in [6.07, 6.45) is 2.36. The molecule has 0 aliphatic rings. The van der Waals surface area contributed by atoms with Crippen LogP contribution in [0.15, 0.2) is 0 Å². The zero-order chi connectivity index (χ0) is 10.5. The van der Waals surface area contributed by atoms with Crippen LogP contribution in [0, 0.1) is 16.0 Å². The van der Waals surface area contributed by atoms with Crippen molar-refractivity contribution in [2.45, 2.75) is 30.0 Å². The molecule has 0 aliphatic heterocycles. The normalized spacial score (nSPS) is 14.2. The zero-order valence-electron chi connectivity index (χ0n) is 7.30. The molecule has 0 aromatic carbocycles. The van der Waals surface area contributed by atoms with Crippen LogP contribution in [-0.2, 0) is 0 Å². The fraction of sp³-hybridized carbons (Fsp3) is 1.00. The number of alkyl halides is 3. The second-order valence-corrected chi connectivity index (χ2v) is 5.27. The molecule has 0 saturated heterocycles. The molecule has 0 N–H and O–H groups in total. The Labute approximate surface area is 92.5 Å². The summed E-state index contributed by atoms with van der Waals surface area (Å²) in [4.78, 5) is 9.81. The molecule has 1 atom stereocenters. The summed E-state index contributed by atoms with van der Waals surface area (Å²) in [5.41, 5.74) is 0. The Hall–Kier alpha value is 0.270. The smallest absolute Gasteiger partial charge is 0.210 e. The van der Waals surface area contributed by atoms with E-state index < -0.39 is 14.6 Å². The van der Waals surface area contributed by atoms with Gasteiger partial charge in [-0.2, -0.15) is 0 Å². The van der Waals surface area contributed by atoms with Crippen LogP contribution in [0.5, 0.6) is 0 Å². The van der Waals surface area contributed by atoms with Crippen LogP contribution in [0.1, 0.15) is 26.2 Å². The maximum absolute atomic E-state index is 10.2. The van der Waals surface area contributed by atoms with Crippen LogP contribution in [0.3, 0.4) is 0 Å². The van der Waals surface area contributed by atoms with Gasteiger partial charge in [0.05, 0.1) is 5.92 Å². The van der Waals surface area contributed by atoms with E-state index in [9.17, 15) is 10.1 Å². The lowest BCUT2D eigenvalue weighted by atomic mass is 10.0. The molecule has 0 bridgehead atoms. The number of hydrogen-bond donors (Lipinski definition) is 0. The Morgan fingerprint density at radius 1 is 1.46 bits per heavy atom. The molecule has 13 heavy (non-hydrogen) atoms. The average molecular weight is 249 g/mol. The lowest BCUT2D eigenvalue weighted by Gasteiger charge is -2.20. The third-order valence-corrected chi connectivity index (χ3v) is 2.66. The molecule has 0 radical (unpaired) electrons. The minimum absolute atomic E-state index is 0.281. The predicted octanol–water partition coefficient (Wildman–Crippen LogP) is 3.44. The largest absolute Gasteiger partial charge is 0.265 e. The van der Waals surface area contributed by atoms with Crippen LogP contribution in [0.2, 0.25) is 0 Å². The molecule has 0 saturated carbocycles. The van der Waals surface area contributed by atoms with Gasteiger partial charge in [0.15, 0.2) is 3.79 Å². The number of unbranched alkanes of at least 4 members (excludes halogenated alkanes) is 1. The molecular formula is C7H12Cl3NO2. The Bertz CT molecular complexity index is 170. The first-order chi connectivity index (χ1) is 5.88. The highest BCUT2D eigenvalue weighted by atomic mass is 35.6. The minimum Gasteiger partial charge on any atom is -0.265 e. The molecule has 0 heterocycles. The quantitative estimate of drug-likeness (QED) is 0.425. The van der Waals surface area contributed by atoms with Gasteiger partial charge in [0.25, 0.3) is 0 Å². The molecule has 0 unspecified atom stereocenters. The van der Waals surface area contributed by atoms with Crippen molar-refractivity contribution in [1.82, 2.24) is 0 Å². The molecule has 0 spiro atoms. The molecule has 0 amide bonds. The summed E-state index contributed by atoms with van der Waals surface area (Å²) in [7, 11) is 0. The monoisotopic (exact) mass is 247 g/mol. The molecule has 0 fully saturated rings. The summed E-state index contributed by atoms with van der Waals surface area (Å²) in [5.74, 6) is -0.493. The Morgan fingerprint density at radius 3 is 2.31 bits per heavy atom. The molecule has 78 valence electrons. The van der Waals surface area contributed by atoms with Gasteiger partial charge in [-0.1, -0.05) is 54.6 Å². The second kappa shape index (κ2) is 5.89. The third kappa shape index (κ3) is 6.36. The van der Waals surface area contributed by atoms with Crippen molar-refractivity contribution < 1.29 is 4.92 Å². The number of halogens is 3. The molecule has 0 rings (SSSR count). The van der Waals surface area contributed by atoms with Crippen molar-refractivity contribution in [2.75, 3.05) is 6.54 Å². The maximum Gasteiger partial charge on any atom is 0.210 e. The predicted molar refractivity (Wildman–Crippen MR) is 55.2 cm³/mol. The fourth-order valence-corrected chi connectivity index (χ4v) is 1.52. The molecule has 0 aromatic heterocycles. The number of hydrogen-bond acceptors (Lipinski definition) is 2. The van der Waals surface area contributed by atoms with Crippen LogP contribution in [0.4, 0.5) is 0 Å². The SMILES string of the molecule is CCCC[C@@H](C[N+](=O)[O-])C(Cl)(Cl)Cl. The first-order valence-corrected chi connectivity index (χ1v) is 5.19. The van der Waals surface area contributed by atoms with E-state index in [-0.39, 0.29) is 6.54 Å². The topological polar surface area (TPSA) is 43.1 Å². The summed E-state index contributed by atoms with van der Waals surface area (Å²) in [5, 5.41) is 10.2. The van der Waals surface area contributed by atoms with E-state index in [4.69, 9.17) is 34.8 Å². The van der Waals surface area contributed by atoms with Gasteiger partial charge in [-0.3, -0.25) is 10.1 Å². The Kier molecular flexibility index (Phi) is 6.01. The first-order valence-electron chi connectivity index (χ1n) is 4.06. The molecule has 3 nitrogen and oxygen atoms in total. The first kappa shape index (κ1) is 13.3. The van der Waals surface area contributed by atoms with Gasteiger partial charge in [0.2, 0.25) is 6.54 Å². The van der Waals surface area contributed by atoms with Gasteiger partial charge < -0.3 is 0 Å². The standard InChI is InChI=1S/C7H12Cl3NO2/c1-2-3-4-6(5-11(12)13)7(8,9)10/h6H,2-5H2,1H3/t6-/m0/s1. The zero-order valence-corrected chi connectivity index (χ0v) is 9.57. The molecule has 0 aromatic rings. The van der Waals surface area contributed by atoms with Gasteiger partial charge in [-0.25, -0.2) is 0 Å².